The van der Waals surface area contributed by atoms with Gasteiger partial charge in [0.1, 0.15) is 6.07 Å². The predicted octanol–water partition coefficient (Wildman–Crippen LogP) is 3.25. The Kier molecular flexibility index (Phi) is 4.63. The number of benzene rings is 2. The maximum absolute atomic E-state index is 12.4. The molecule has 108 valence electrons. The maximum Gasteiger partial charge on any atom is 0.242 e. The predicted molar refractivity (Wildman–Crippen MR) is 81.3 cm³/mol. The number of nitriles is 1. The van der Waals surface area contributed by atoms with E-state index in [1.165, 1.54) is 12.1 Å². The summed E-state index contributed by atoms with van der Waals surface area (Å²) in [6, 6.07) is 14.5. The molecule has 21 heavy (non-hydrogen) atoms. The van der Waals surface area contributed by atoms with E-state index in [0.717, 1.165) is 0 Å². The van der Waals surface area contributed by atoms with Crippen LogP contribution in [0.2, 0.25) is 5.02 Å². The number of halogens is 1. The maximum atomic E-state index is 12.4. The highest BCUT2D eigenvalue weighted by Crippen LogP contribution is 2.24. The van der Waals surface area contributed by atoms with Crippen LogP contribution in [0.3, 0.4) is 0 Å². The number of sulfonamides is 1. The highest BCUT2D eigenvalue weighted by atomic mass is 35.5. The summed E-state index contributed by atoms with van der Waals surface area (Å²) in [6.07, 6.45) is 0. The van der Waals surface area contributed by atoms with Crippen molar-refractivity contribution in [1.29, 1.82) is 5.26 Å². The minimum absolute atomic E-state index is 0.0357. The van der Waals surface area contributed by atoms with Crippen LogP contribution in [0.4, 0.5) is 0 Å². The van der Waals surface area contributed by atoms with Crippen LogP contribution >= 0.6 is 11.6 Å². The zero-order valence-corrected chi connectivity index (χ0v) is 12.8. The average Bonchev–Trinajstić information content (AvgIpc) is 2.47. The smallest absolute Gasteiger partial charge is 0.207 e. The van der Waals surface area contributed by atoms with Crippen molar-refractivity contribution in [3.8, 4) is 6.07 Å². The highest BCUT2D eigenvalue weighted by Gasteiger charge is 2.22. The summed E-state index contributed by atoms with van der Waals surface area (Å²) < 4.78 is 27.3. The minimum atomic E-state index is -3.80. The first-order valence-electron chi connectivity index (χ1n) is 6.21. The number of rotatable bonds is 4. The third kappa shape index (κ3) is 3.42. The molecule has 0 radical (unpaired) electrons. The second-order valence-electron chi connectivity index (χ2n) is 4.47. The Labute approximate surface area is 129 Å². The normalized spacial score (nSPS) is 12.6. The van der Waals surface area contributed by atoms with Crippen molar-refractivity contribution in [2.75, 3.05) is 0 Å². The van der Waals surface area contributed by atoms with Gasteiger partial charge in [-0.15, -0.1) is 0 Å². The van der Waals surface area contributed by atoms with Crippen LogP contribution in [0.5, 0.6) is 0 Å². The van der Waals surface area contributed by atoms with Crippen molar-refractivity contribution < 1.29 is 8.42 Å². The molecule has 0 aliphatic heterocycles. The Bertz CT molecular complexity index is 797. The average molecular weight is 321 g/mol. The molecule has 0 aromatic heterocycles. The molecule has 0 bridgehead atoms. The Hall–Kier alpha value is -1.87. The highest BCUT2D eigenvalue weighted by molar-refractivity contribution is 7.89. The summed E-state index contributed by atoms with van der Waals surface area (Å²) in [5.74, 6) is 0. The van der Waals surface area contributed by atoms with Gasteiger partial charge in [-0.05, 0) is 30.7 Å². The lowest BCUT2D eigenvalue weighted by molar-refractivity contribution is 0.566. The molecule has 1 N–H and O–H groups in total. The fourth-order valence-electron chi connectivity index (χ4n) is 1.98. The van der Waals surface area contributed by atoms with Crippen molar-refractivity contribution in [3.05, 3.63) is 64.7 Å². The van der Waals surface area contributed by atoms with E-state index < -0.39 is 16.1 Å². The Balaban J connectivity index is 2.34. The minimum Gasteiger partial charge on any atom is -0.207 e. The molecule has 0 amide bonds. The second-order valence-corrected chi connectivity index (χ2v) is 6.56. The third-order valence-corrected chi connectivity index (χ3v) is 4.94. The zero-order valence-electron chi connectivity index (χ0n) is 11.2. The first-order valence-corrected chi connectivity index (χ1v) is 8.07. The molecule has 0 heterocycles. The van der Waals surface area contributed by atoms with Crippen molar-refractivity contribution in [3.63, 3.8) is 0 Å². The Morgan fingerprint density at radius 3 is 2.43 bits per heavy atom. The Morgan fingerprint density at radius 1 is 1.14 bits per heavy atom. The van der Waals surface area contributed by atoms with Gasteiger partial charge in [0.2, 0.25) is 10.0 Å². The molecule has 0 aliphatic rings. The van der Waals surface area contributed by atoms with E-state index in [-0.39, 0.29) is 10.5 Å². The molecule has 0 aliphatic carbocycles. The van der Waals surface area contributed by atoms with Gasteiger partial charge in [-0.25, -0.2) is 13.1 Å². The van der Waals surface area contributed by atoms with Crippen molar-refractivity contribution in [2.24, 2.45) is 0 Å². The van der Waals surface area contributed by atoms with Crippen LogP contribution in [0.1, 0.15) is 24.1 Å². The summed E-state index contributed by atoms with van der Waals surface area (Å²) in [5, 5.41) is 9.50. The van der Waals surface area contributed by atoms with Gasteiger partial charge in [0, 0.05) is 11.1 Å². The second kappa shape index (κ2) is 6.27. The molecule has 2 rings (SSSR count). The van der Waals surface area contributed by atoms with Crippen molar-refractivity contribution in [2.45, 2.75) is 17.9 Å². The van der Waals surface area contributed by atoms with E-state index in [1.54, 1.807) is 43.3 Å². The van der Waals surface area contributed by atoms with Gasteiger partial charge < -0.3 is 0 Å². The van der Waals surface area contributed by atoms with Crippen LogP contribution in [0.25, 0.3) is 0 Å². The zero-order chi connectivity index (χ0) is 15.5. The van der Waals surface area contributed by atoms with Crippen LogP contribution in [-0.2, 0) is 10.0 Å². The van der Waals surface area contributed by atoms with Gasteiger partial charge in [-0.3, -0.25) is 0 Å². The van der Waals surface area contributed by atoms with Gasteiger partial charge in [0.25, 0.3) is 0 Å². The molecule has 0 saturated carbocycles. The SMILES string of the molecule is C[C@@H](NS(=O)(=O)c1ccccc1C#N)c1ccccc1Cl. The van der Waals surface area contributed by atoms with E-state index >= 15 is 0 Å². The van der Waals surface area contributed by atoms with E-state index in [0.29, 0.717) is 10.6 Å². The molecule has 0 fully saturated rings. The lowest BCUT2D eigenvalue weighted by Crippen LogP contribution is -2.27. The lowest BCUT2D eigenvalue weighted by Gasteiger charge is -2.16. The molecular formula is C15H13ClN2O2S. The number of hydrogen-bond acceptors (Lipinski definition) is 3. The van der Waals surface area contributed by atoms with Gasteiger partial charge in [-0.1, -0.05) is 41.9 Å². The standard InChI is InChI=1S/C15H13ClN2O2S/c1-11(13-7-3-4-8-14(13)16)18-21(19,20)15-9-5-2-6-12(15)10-17/h2-9,11,18H,1H3/t11-/m1/s1. The number of nitrogens with one attached hydrogen (secondary N) is 1. The van der Waals surface area contributed by atoms with E-state index in [2.05, 4.69) is 4.72 Å². The molecule has 4 nitrogen and oxygen atoms in total. The van der Waals surface area contributed by atoms with E-state index in [1.807, 2.05) is 6.07 Å². The van der Waals surface area contributed by atoms with Gasteiger partial charge in [0.05, 0.1) is 10.5 Å². The van der Waals surface area contributed by atoms with E-state index in [4.69, 9.17) is 16.9 Å². The van der Waals surface area contributed by atoms with Crippen LogP contribution < -0.4 is 4.72 Å². The van der Waals surface area contributed by atoms with E-state index in [9.17, 15) is 8.42 Å². The van der Waals surface area contributed by atoms with Crippen molar-refractivity contribution >= 4 is 21.6 Å². The van der Waals surface area contributed by atoms with Gasteiger partial charge >= 0.3 is 0 Å². The quantitative estimate of drug-likeness (QED) is 0.940. The van der Waals surface area contributed by atoms with Crippen LogP contribution in [0, 0.1) is 11.3 Å². The third-order valence-electron chi connectivity index (χ3n) is 3.00. The number of nitrogens with zero attached hydrogens (tertiary/aromatic N) is 1. The topological polar surface area (TPSA) is 70.0 Å². The molecule has 0 unspecified atom stereocenters. The molecule has 1 atom stereocenters. The fourth-order valence-corrected chi connectivity index (χ4v) is 3.66. The number of hydrogen-bond donors (Lipinski definition) is 1. The Morgan fingerprint density at radius 2 is 1.76 bits per heavy atom. The first kappa shape index (κ1) is 15.5. The largest absolute Gasteiger partial charge is 0.242 e. The van der Waals surface area contributed by atoms with Gasteiger partial charge in [-0.2, -0.15) is 5.26 Å². The summed E-state index contributed by atoms with van der Waals surface area (Å²) in [6.45, 7) is 1.70. The molecular weight excluding hydrogens is 308 g/mol. The summed E-state index contributed by atoms with van der Waals surface area (Å²) in [4.78, 5) is -0.0357. The molecule has 2 aromatic rings. The van der Waals surface area contributed by atoms with Crippen LogP contribution in [0.15, 0.2) is 53.4 Å². The molecule has 0 spiro atoms. The molecule has 0 saturated heterocycles. The summed E-state index contributed by atoms with van der Waals surface area (Å²) in [5.41, 5.74) is 0.786. The van der Waals surface area contributed by atoms with Crippen LogP contribution in [-0.4, -0.2) is 8.42 Å². The fraction of sp³-hybridized carbons (Fsp3) is 0.133. The summed E-state index contributed by atoms with van der Waals surface area (Å²) in [7, 11) is -3.80. The van der Waals surface area contributed by atoms with Crippen molar-refractivity contribution in [1.82, 2.24) is 4.72 Å². The first-order chi connectivity index (χ1) is 9.95. The monoisotopic (exact) mass is 320 g/mol. The molecule has 2 aromatic carbocycles. The summed E-state index contributed by atoms with van der Waals surface area (Å²) >= 11 is 6.07. The molecule has 6 heteroatoms. The lowest BCUT2D eigenvalue weighted by atomic mass is 10.1. The van der Waals surface area contributed by atoms with Gasteiger partial charge in [0.15, 0.2) is 0 Å².